The number of aldehydes is 2. The minimum Gasteiger partial charge on any atom is -0.352 e. The fourth-order valence-electron chi connectivity index (χ4n) is 3.46. The highest BCUT2D eigenvalue weighted by Gasteiger charge is 2.26. The molecule has 2 rings (SSSR count). The van der Waals surface area contributed by atoms with Crippen LogP contribution in [0.4, 0.5) is 0 Å². The first-order chi connectivity index (χ1) is 15.2. The highest BCUT2D eigenvalue weighted by molar-refractivity contribution is 7.11. The Balaban J connectivity index is 2.17. The Labute approximate surface area is 191 Å². The number of thiazole rings is 1. The molecule has 0 spiro atoms. The third-order valence-electron chi connectivity index (χ3n) is 5.16. The minimum atomic E-state index is -0.764. The van der Waals surface area contributed by atoms with Gasteiger partial charge in [-0.1, -0.05) is 12.1 Å². The number of likely N-dealkylation sites (N-methyl/N-ethyl adjacent to an activating group) is 1. The normalized spacial score (nSPS) is 11.5. The van der Waals surface area contributed by atoms with E-state index in [-0.39, 0.29) is 48.6 Å². The lowest BCUT2D eigenvalue weighted by atomic mass is 9.99. The van der Waals surface area contributed by atoms with Crippen LogP contribution in [0.2, 0.25) is 0 Å². The quantitative estimate of drug-likeness (QED) is 0.519. The van der Waals surface area contributed by atoms with Gasteiger partial charge in [0.2, 0.25) is 5.91 Å². The van der Waals surface area contributed by atoms with Gasteiger partial charge < -0.3 is 15.0 Å². The molecule has 0 aliphatic carbocycles. The number of nitrogens with one attached hydrogen (secondary N) is 1. The molecule has 1 aromatic carbocycles. The molecule has 0 aliphatic rings. The first-order valence-corrected chi connectivity index (χ1v) is 11.0. The standard InChI is InChI=1S/C23H27N3O5S/c1-14(29)21(9-6-10-27)26(4)23(31)18-8-5-7-17(19(18)13-28)12-24-22(30)11-20-15(2)32-16(3)25-20/h5,7-8,10,13,21H,6,9,11-12H2,1-4H3,(H,24,30). The third kappa shape index (κ3) is 6.16. The Morgan fingerprint density at radius 3 is 2.50 bits per heavy atom. The summed E-state index contributed by atoms with van der Waals surface area (Å²) in [4.78, 5) is 66.5. The van der Waals surface area contributed by atoms with Gasteiger partial charge >= 0.3 is 0 Å². The number of ketones is 1. The fraction of sp³-hybridized carbons (Fsp3) is 0.391. The summed E-state index contributed by atoms with van der Waals surface area (Å²) in [7, 11) is 1.47. The number of hydrogen-bond donors (Lipinski definition) is 1. The maximum Gasteiger partial charge on any atom is 0.254 e. The van der Waals surface area contributed by atoms with Crippen molar-refractivity contribution in [1.29, 1.82) is 0 Å². The number of rotatable bonds is 11. The zero-order valence-corrected chi connectivity index (χ0v) is 19.5. The smallest absolute Gasteiger partial charge is 0.254 e. The number of nitrogens with zero attached hydrogens (tertiary/aromatic N) is 2. The molecule has 2 aromatic rings. The van der Waals surface area contributed by atoms with E-state index in [1.54, 1.807) is 12.1 Å². The average Bonchev–Trinajstić information content (AvgIpc) is 3.07. The van der Waals surface area contributed by atoms with Crippen LogP contribution in [0.15, 0.2) is 18.2 Å². The van der Waals surface area contributed by atoms with Crippen LogP contribution in [0.1, 0.15) is 61.6 Å². The van der Waals surface area contributed by atoms with E-state index in [0.29, 0.717) is 18.1 Å². The van der Waals surface area contributed by atoms with Crippen molar-refractivity contribution >= 4 is 41.5 Å². The van der Waals surface area contributed by atoms with E-state index in [9.17, 15) is 24.0 Å². The molecule has 0 aliphatic heterocycles. The summed E-state index contributed by atoms with van der Waals surface area (Å²) in [5, 5.41) is 3.66. The number of carbonyl (C=O) groups excluding carboxylic acids is 5. The van der Waals surface area contributed by atoms with Gasteiger partial charge in [-0.2, -0.15) is 0 Å². The third-order valence-corrected chi connectivity index (χ3v) is 6.09. The van der Waals surface area contributed by atoms with Crippen LogP contribution in [-0.2, 0) is 27.3 Å². The molecule has 9 heteroatoms. The first-order valence-electron chi connectivity index (χ1n) is 10.2. The summed E-state index contributed by atoms with van der Waals surface area (Å²) in [5.41, 5.74) is 1.50. The molecule has 0 saturated heterocycles. The van der Waals surface area contributed by atoms with Gasteiger partial charge in [0.1, 0.15) is 6.29 Å². The maximum atomic E-state index is 13.0. The molecule has 0 fully saturated rings. The zero-order valence-electron chi connectivity index (χ0n) is 18.6. The van der Waals surface area contributed by atoms with Gasteiger partial charge in [0.25, 0.3) is 5.91 Å². The average molecular weight is 458 g/mol. The fourth-order valence-corrected chi connectivity index (χ4v) is 4.30. The van der Waals surface area contributed by atoms with Crippen LogP contribution < -0.4 is 5.32 Å². The summed E-state index contributed by atoms with van der Waals surface area (Å²) in [6.45, 7) is 5.22. The Bertz CT molecular complexity index is 1030. The van der Waals surface area contributed by atoms with E-state index in [2.05, 4.69) is 10.3 Å². The Morgan fingerprint density at radius 2 is 1.94 bits per heavy atom. The summed E-state index contributed by atoms with van der Waals surface area (Å²) < 4.78 is 0. The van der Waals surface area contributed by atoms with Crippen LogP contribution in [0.3, 0.4) is 0 Å². The highest BCUT2D eigenvalue weighted by Crippen LogP contribution is 2.19. The van der Waals surface area contributed by atoms with E-state index >= 15 is 0 Å². The van der Waals surface area contributed by atoms with Gasteiger partial charge in [0, 0.05) is 30.5 Å². The van der Waals surface area contributed by atoms with E-state index < -0.39 is 11.9 Å². The van der Waals surface area contributed by atoms with Gasteiger partial charge in [-0.25, -0.2) is 4.98 Å². The lowest BCUT2D eigenvalue weighted by Gasteiger charge is -2.26. The van der Waals surface area contributed by atoms with Gasteiger partial charge in [0.05, 0.1) is 28.7 Å². The van der Waals surface area contributed by atoms with Crippen LogP contribution in [0.25, 0.3) is 0 Å². The van der Waals surface area contributed by atoms with Crippen LogP contribution >= 0.6 is 11.3 Å². The van der Waals surface area contributed by atoms with Crippen LogP contribution in [0.5, 0.6) is 0 Å². The molecule has 0 bridgehead atoms. The Morgan fingerprint density at radius 1 is 1.22 bits per heavy atom. The van der Waals surface area contributed by atoms with Gasteiger partial charge in [-0.3, -0.25) is 19.2 Å². The van der Waals surface area contributed by atoms with E-state index in [4.69, 9.17) is 0 Å². The molecule has 2 amide bonds. The molecule has 1 unspecified atom stereocenters. The van der Waals surface area contributed by atoms with E-state index in [1.165, 1.54) is 36.3 Å². The SMILES string of the molecule is CC(=O)C(CCC=O)N(C)C(=O)c1cccc(CNC(=O)Cc2nc(C)sc2C)c1C=O. The molecule has 1 N–H and O–H groups in total. The number of aromatic nitrogens is 1. The zero-order chi connectivity index (χ0) is 23.8. The van der Waals surface area contributed by atoms with Gasteiger partial charge in [-0.15, -0.1) is 11.3 Å². The predicted molar refractivity (Wildman–Crippen MR) is 121 cm³/mol. The molecule has 170 valence electrons. The number of carbonyl (C=O) groups is 5. The Kier molecular flexibility index (Phi) is 8.95. The lowest BCUT2D eigenvalue weighted by Crippen LogP contribution is -2.42. The van der Waals surface area contributed by atoms with Crippen molar-refractivity contribution in [3.63, 3.8) is 0 Å². The molecule has 32 heavy (non-hydrogen) atoms. The monoisotopic (exact) mass is 457 g/mol. The van der Waals surface area contributed by atoms with Crippen LogP contribution in [0, 0.1) is 13.8 Å². The molecule has 0 saturated carbocycles. The summed E-state index contributed by atoms with van der Waals surface area (Å²) in [6.07, 6.45) is 1.76. The van der Waals surface area contributed by atoms with Crippen LogP contribution in [-0.4, -0.2) is 53.1 Å². The molecule has 8 nitrogen and oxygen atoms in total. The second-order valence-corrected chi connectivity index (χ2v) is 8.88. The number of hydrogen-bond acceptors (Lipinski definition) is 7. The summed E-state index contributed by atoms with van der Waals surface area (Å²) in [6, 6.07) is 4.03. The van der Waals surface area contributed by atoms with Crippen molar-refractivity contribution in [3.8, 4) is 0 Å². The van der Waals surface area contributed by atoms with Crippen molar-refractivity contribution in [1.82, 2.24) is 15.2 Å². The molecular formula is C23H27N3O5S. The van der Waals surface area contributed by atoms with Crippen molar-refractivity contribution in [2.24, 2.45) is 0 Å². The van der Waals surface area contributed by atoms with Crippen molar-refractivity contribution in [2.45, 2.75) is 52.6 Å². The molecule has 0 radical (unpaired) electrons. The first kappa shape index (κ1) is 25.1. The largest absolute Gasteiger partial charge is 0.352 e. The summed E-state index contributed by atoms with van der Waals surface area (Å²) >= 11 is 1.53. The van der Waals surface area contributed by atoms with Crippen molar-refractivity contribution < 1.29 is 24.0 Å². The van der Waals surface area contributed by atoms with E-state index in [1.807, 2.05) is 13.8 Å². The minimum absolute atomic E-state index is 0.0706. The second kappa shape index (κ2) is 11.4. The molecule has 1 aromatic heterocycles. The van der Waals surface area contributed by atoms with Gasteiger partial charge in [-0.05, 0) is 38.8 Å². The molecule has 1 heterocycles. The molecule has 1 atom stereocenters. The number of Topliss-reactive ketones (excluding diaryl/α,β-unsaturated/α-hetero) is 1. The summed E-state index contributed by atoms with van der Waals surface area (Å²) in [5.74, 6) is -0.985. The lowest BCUT2D eigenvalue weighted by molar-refractivity contribution is -0.122. The predicted octanol–water partition coefficient (Wildman–Crippen LogP) is 2.44. The number of aryl methyl sites for hydroxylation is 2. The van der Waals surface area contributed by atoms with E-state index in [0.717, 1.165) is 15.6 Å². The molecular weight excluding hydrogens is 430 g/mol. The Hall–Kier alpha value is -3.20. The number of benzene rings is 1. The second-order valence-electron chi connectivity index (χ2n) is 7.47. The highest BCUT2D eigenvalue weighted by atomic mass is 32.1. The topological polar surface area (TPSA) is 114 Å². The van der Waals surface area contributed by atoms with Gasteiger partial charge in [0.15, 0.2) is 12.1 Å². The number of amides is 2. The maximum absolute atomic E-state index is 13.0. The van der Waals surface area contributed by atoms with Crippen molar-refractivity contribution in [3.05, 3.63) is 50.5 Å². The van der Waals surface area contributed by atoms with Crippen molar-refractivity contribution in [2.75, 3.05) is 7.05 Å².